The molecule has 0 aliphatic heterocycles. The number of fused-ring (bicyclic) bond motifs is 7. The van der Waals surface area contributed by atoms with Crippen molar-refractivity contribution in [3.8, 4) is 5.75 Å². The highest BCUT2D eigenvalue weighted by molar-refractivity contribution is 5.40. The van der Waals surface area contributed by atoms with E-state index in [1.807, 2.05) is 12.1 Å². The maximum atomic E-state index is 11.0. The molecule has 5 unspecified atom stereocenters. The lowest BCUT2D eigenvalue weighted by Gasteiger charge is -2.53. The minimum Gasteiger partial charge on any atom is -0.508 e. The fourth-order valence-corrected chi connectivity index (χ4v) is 6.90. The third-order valence-electron chi connectivity index (χ3n) is 7.71. The van der Waals surface area contributed by atoms with Gasteiger partial charge in [-0.2, -0.15) is 0 Å². The van der Waals surface area contributed by atoms with Crippen LogP contribution >= 0.6 is 0 Å². The minimum absolute atomic E-state index is 0.0994. The summed E-state index contributed by atoms with van der Waals surface area (Å²) in [6, 6.07) is 5.99. The number of hydrogen-bond donors (Lipinski definition) is 2. The van der Waals surface area contributed by atoms with Crippen LogP contribution in [-0.2, 0) is 6.42 Å². The van der Waals surface area contributed by atoms with Crippen LogP contribution in [0.15, 0.2) is 30.9 Å². The third-order valence-corrected chi connectivity index (χ3v) is 7.71. The van der Waals surface area contributed by atoms with E-state index < -0.39 is 0 Å². The highest BCUT2D eigenvalue weighted by Gasteiger charge is 2.69. The molecule has 23 heavy (non-hydrogen) atoms. The zero-order valence-corrected chi connectivity index (χ0v) is 13.6. The monoisotopic (exact) mass is 310 g/mol. The molecular weight excluding hydrogens is 284 g/mol. The van der Waals surface area contributed by atoms with Gasteiger partial charge in [-0.1, -0.05) is 12.1 Å². The van der Waals surface area contributed by atoms with E-state index in [4.69, 9.17) is 0 Å². The Morgan fingerprint density at radius 2 is 2.09 bits per heavy atom. The summed E-state index contributed by atoms with van der Waals surface area (Å²) in [5, 5.41) is 20.7. The molecule has 122 valence electrons. The van der Waals surface area contributed by atoms with Crippen LogP contribution in [-0.4, -0.2) is 16.3 Å². The Labute approximate surface area is 138 Å². The number of rotatable bonds is 2. The lowest BCUT2D eigenvalue weighted by molar-refractivity contribution is -0.0577. The molecule has 3 saturated carbocycles. The van der Waals surface area contributed by atoms with Gasteiger partial charge in [-0.25, -0.2) is 0 Å². The molecule has 1 aromatic rings. The van der Waals surface area contributed by atoms with Gasteiger partial charge in [0.05, 0.1) is 6.10 Å². The first-order valence-electron chi connectivity index (χ1n) is 9.26. The van der Waals surface area contributed by atoms with Gasteiger partial charge in [0.25, 0.3) is 0 Å². The Kier molecular flexibility index (Phi) is 2.84. The highest BCUT2D eigenvalue weighted by atomic mass is 16.3. The van der Waals surface area contributed by atoms with E-state index in [-0.39, 0.29) is 11.5 Å². The second kappa shape index (κ2) is 4.63. The topological polar surface area (TPSA) is 40.5 Å². The SMILES string of the molecule is C=CC[C@]12CCC3c4ccc(O)cc4CCC3C1C1C[C@H]1C2O. The number of aromatic hydroxyl groups is 1. The minimum atomic E-state index is -0.0994. The quantitative estimate of drug-likeness (QED) is 0.810. The highest BCUT2D eigenvalue weighted by Crippen LogP contribution is 2.73. The number of aliphatic hydroxyl groups excluding tert-OH is 1. The summed E-state index contributed by atoms with van der Waals surface area (Å²) in [7, 11) is 0. The summed E-state index contributed by atoms with van der Waals surface area (Å²) < 4.78 is 0. The maximum Gasteiger partial charge on any atom is 0.115 e. The van der Waals surface area contributed by atoms with E-state index >= 15 is 0 Å². The predicted molar refractivity (Wildman–Crippen MR) is 90.2 cm³/mol. The van der Waals surface area contributed by atoms with Crippen LogP contribution in [0.5, 0.6) is 5.75 Å². The molecular formula is C21H26O2. The average Bonchev–Trinajstić information content (AvgIpc) is 3.29. The van der Waals surface area contributed by atoms with Crippen molar-refractivity contribution in [3.63, 3.8) is 0 Å². The lowest BCUT2D eigenvalue weighted by Crippen LogP contribution is -2.48. The Bertz CT molecular complexity index is 666. The first-order valence-corrected chi connectivity index (χ1v) is 9.26. The molecule has 0 amide bonds. The second-order valence-corrected chi connectivity index (χ2v) is 8.49. The van der Waals surface area contributed by atoms with E-state index in [1.165, 1.54) is 30.4 Å². The van der Waals surface area contributed by atoms with Crippen LogP contribution in [0.3, 0.4) is 0 Å². The number of phenols is 1. The molecule has 0 radical (unpaired) electrons. The van der Waals surface area contributed by atoms with Crippen LogP contribution in [0.4, 0.5) is 0 Å². The third kappa shape index (κ3) is 1.73. The van der Waals surface area contributed by atoms with Crippen LogP contribution in [0, 0.1) is 29.1 Å². The van der Waals surface area contributed by atoms with Crippen LogP contribution < -0.4 is 0 Å². The number of phenolic OH excluding ortho intramolecular Hbond substituents is 1. The number of hydrogen-bond acceptors (Lipinski definition) is 2. The summed E-state index contributed by atoms with van der Waals surface area (Å²) in [5.41, 5.74) is 2.95. The standard InChI is InChI=1S/C21H26O2/c1-2-8-21-9-7-15-14-6-4-13(22)10-12(14)3-5-16(15)19(21)17-11-18(17)20(21)23/h2,4,6,10,15-20,22-23H,1,3,5,7-9,11H2/t15?,16?,17?,18-,19?,20?,21+/m1/s1. The van der Waals surface area contributed by atoms with E-state index in [9.17, 15) is 10.2 Å². The average molecular weight is 310 g/mol. The lowest BCUT2D eigenvalue weighted by atomic mass is 9.52. The Balaban J connectivity index is 1.55. The van der Waals surface area contributed by atoms with Crippen molar-refractivity contribution >= 4 is 0 Å². The van der Waals surface area contributed by atoms with Crippen molar-refractivity contribution in [1.82, 2.24) is 0 Å². The molecule has 2 N–H and O–H groups in total. The molecule has 0 heterocycles. The zero-order valence-electron chi connectivity index (χ0n) is 13.6. The first kappa shape index (κ1) is 14.1. The van der Waals surface area contributed by atoms with Gasteiger partial charge in [-0.15, -0.1) is 6.58 Å². The summed E-state index contributed by atoms with van der Waals surface area (Å²) in [4.78, 5) is 0. The van der Waals surface area contributed by atoms with Gasteiger partial charge in [-0.05, 0) is 91.4 Å². The Hall–Kier alpha value is -1.28. The van der Waals surface area contributed by atoms with Gasteiger partial charge < -0.3 is 10.2 Å². The van der Waals surface area contributed by atoms with E-state index in [2.05, 4.69) is 18.7 Å². The number of allylic oxidation sites excluding steroid dienone is 1. The van der Waals surface area contributed by atoms with Gasteiger partial charge in [0, 0.05) is 5.41 Å². The normalized spacial score (nSPS) is 46.3. The van der Waals surface area contributed by atoms with Crippen molar-refractivity contribution in [2.24, 2.45) is 29.1 Å². The van der Waals surface area contributed by atoms with Gasteiger partial charge in [0.1, 0.15) is 5.75 Å². The molecule has 7 atom stereocenters. The molecule has 1 aromatic carbocycles. The molecule has 2 nitrogen and oxygen atoms in total. The first-order chi connectivity index (χ1) is 11.2. The summed E-state index contributed by atoms with van der Waals surface area (Å²) >= 11 is 0. The molecule has 0 saturated heterocycles. The molecule has 0 spiro atoms. The second-order valence-electron chi connectivity index (χ2n) is 8.49. The molecule has 0 bridgehead atoms. The number of aliphatic hydroxyl groups is 1. The van der Waals surface area contributed by atoms with E-state index in [0.29, 0.717) is 29.4 Å². The molecule has 4 aliphatic carbocycles. The summed E-state index contributed by atoms with van der Waals surface area (Å²) in [6.07, 6.45) is 8.81. The predicted octanol–water partition coefficient (Wildman–Crippen LogP) is 4.02. The van der Waals surface area contributed by atoms with Gasteiger partial charge in [0.15, 0.2) is 0 Å². The molecule has 2 heteroatoms. The Morgan fingerprint density at radius 1 is 1.22 bits per heavy atom. The smallest absolute Gasteiger partial charge is 0.115 e. The van der Waals surface area contributed by atoms with Gasteiger partial charge in [-0.3, -0.25) is 0 Å². The molecule has 0 aromatic heterocycles. The van der Waals surface area contributed by atoms with E-state index in [0.717, 1.165) is 25.2 Å². The van der Waals surface area contributed by atoms with Crippen molar-refractivity contribution in [2.75, 3.05) is 0 Å². The largest absolute Gasteiger partial charge is 0.508 e. The van der Waals surface area contributed by atoms with Crippen molar-refractivity contribution < 1.29 is 10.2 Å². The molecule has 5 rings (SSSR count). The molecule has 3 fully saturated rings. The fraction of sp³-hybridized carbons (Fsp3) is 0.619. The van der Waals surface area contributed by atoms with Crippen molar-refractivity contribution in [3.05, 3.63) is 42.0 Å². The summed E-state index contributed by atoms with van der Waals surface area (Å²) in [5.74, 6) is 3.76. The number of benzene rings is 1. The van der Waals surface area contributed by atoms with Gasteiger partial charge in [0.2, 0.25) is 0 Å². The van der Waals surface area contributed by atoms with Crippen LogP contribution in [0.1, 0.15) is 49.1 Å². The summed E-state index contributed by atoms with van der Waals surface area (Å²) in [6.45, 7) is 4.00. The Morgan fingerprint density at radius 3 is 2.91 bits per heavy atom. The fourth-order valence-electron chi connectivity index (χ4n) is 6.90. The maximum absolute atomic E-state index is 11.0. The van der Waals surface area contributed by atoms with Crippen LogP contribution in [0.25, 0.3) is 0 Å². The van der Waals surface area contributed by atoms with Crippen LogP contribution in [0.2, 0.25) is 0 Å². The number of aryl methyl sites for hydroxylation is 1. The van der Waals surface area contributed by atoms with Crippen molar-refractivity contribution in [2.45, 2.75) is 50.5 Å². The van der Waals surface area contributed by atoms with Gasteiger partial charge >= 0.3 is 0 Å². The van der Waals surface area contributed by atoms with E-state index in [1.54, 1.807) is 0 Å². The zero-order chi connectivity index (χ0) is 15.8. The molecule has 4 aliphatic rings. The van der Waals surface area contributed by atoms with Crippen molar-refractivity contribution in [1.29, 1.82) is 0 Å².